The first-order valence-corrected chi connectivity index (χ1v) is 13.1. The molecule has 1 heteroatoms. The van der Waals surface area contributed by atoms with Crippen LogP contribution < -0.4 is 0 Å². The monoisotopic (exact) mass is 402 g/mol. The van der Waals surface area contributed by atoms with Gasteiger partial charge in [0.1, 0.15) is 0 Å². The Bertz CT molecular complexity index is 591. The van der Waals surface area contributed by atoms with Gasteiger partial charge in [-0.15, -0.1) is 0 Å². The van der Waals surface area contributed by atoms with Crippen LogP contribution in [0.1, 0.15) is 105 Å². The Morgan fingerprint density at radius 1 is 1.00 bits per heavy atom. The highest BCUT2D eigenvalue weighted by Gasteiger charge is 2.58. The maximum absolute atomic E-state index is 4.84. The second-order valence-corrected chi connectivity index (χ2v) is 12.9. The molecule has 0 aromatic rings. The molecule has 4 aliphatic carbocycles. The topological polar surface area (TPSA) is 0 Å². The van der Waals surface area contributed by atoms with Crippen molar-refractivity contribution in [1.82, 2.24) is 0 Å². The number of thiol groups is 1. The Hall–Kier alpha value is 0.0900. The van der Waals surface area contributed by atoms with Gasteiger partial charge in [0.15, 0.2) is 0 Å². The number of allylic oxidation sites excluding steroid dienone is 2. The molecule has 0 N–H and O–H groups in total. The van der Waals surface area contributed by atoms with E-state index in [1.54, 1.807) is 5.57 Å². The molecule has 0 aromatic heterocycles. The van der Waals surface area contributed by atoms with E-state index >= 15 is 0 Å². The molecule has 3 fully saturated rings. The summed E-state index contributed by atoms with van der Waals surface area (Å²) in [5, 5.41) is 0.618. The van der Waals surface area contributed by atoms with Gasteiger partial charge in [-0.05, 0) is 97.7 Å². The summed E-state index contributed by atoms with van der Waals surface area (Å²) in [5.74, 6) is 5.70. The van der Waals surface area contributed by atoms with Crippen LogP contribution in [0.2, 0.25) is 0 Å². The molecular formula is C27H46S. The summed E-state index contributed by atoms with van der Waals surface area (Å²) < 4.78 is 0. The van der Waals surface area contributed by atoms with Crippen LogP contribution in [-0.4, -0.2) is 5.25 Å². The normalized spacial score (nSPS) is 46.5. The molecule has 4 rings (SSSR count). The van der Waals surface area contributed by atoms with Gasteiger partial charge in [0.25, 0.3) is 0 Å². The quantitative estimate of drug-likeness (QED) is 0.347. The standard InChI is InChI=1S/C27H46S/c1-18(2)7-6-8-19(3)23-11-12-24-22-10-9-20-17-21(28)13-15-26(20,4)25(22)14-16-27(23,24)5/h9,18-19,21-25,28H,6-8,10-17H2,1-5H3/t19-,21+,22-,23+,24-,25-,26-,27+/m0/s1. The van der Waals surface area contributed by atoms with Gasteiger partial charge in [0.05, 0.1) is 0 Å². The lowest BCUT2D eigenvalue weighted by molar-refractivity contribution is -0.0497. The van der Waals surface area contributed by atoms with E-state index in [9.17, 15) is 0 Å². The first kappa shape index (κ1) is 21.3. The molecule has 0 heterocycles. The van der Waals surface area contributed by atoms with Crippen LogP contribution in [0.3, 0.4) is 0 Å². The van der Waals surface area contributed by atoms with Crippen LogP contribution in [0.15, 0.2) is 11.6 Å². The molecule has 0 aliphatic heterocycles. The highest BCUT2D eigenvalue weighted by atomic mass is 32.1. The highest BCUT2D eigenvalue weighted by molar-refractivity contribution is 7.80. The molecule has 3 saturated carbocycles. The van der Waals surface area contributed by atoms with Crippen LogP contribution >= 0.6 is 12.6 Å². The fourth-order valence-corrected chi connectivity index (χ4v) is 8.99. The Labute approximate surface area is 181 Å². The molecule has 0 nitrogen and oxygen atoms in total. The highest BCUT2D eigenvalue weighted by Crippen LogP contribution is 2.67. The van der Waals surface area contributed by atoms with E-state index < -0.39 is 0 Å². The van der Waals surface area contributed by atoms with Crippen molar-refractivity contribution >= 4 is 12.6 Å². The second kappa shape index (κ2) is 7.97. The van der Waals surface area contributed by atoms with Crippen molar-refractivity contribution in [2.24, 2.45) is 46.3 Å². The number of hydrogen-bond acceptors (Lipinski definition) is 1. The number of fused-ring (bicyclic) bond motifs is 5. The Kier molecular flexibility index (Phi) is 6.07. The number of hydrogen-bond donors (Lipinski definition) is 1. The Morgan fingerprint density at radius 3 is 2.54 bits per heavy atom. The first-order valence-electron chi connectivity index (χ1n) is 12.6. The van der Waals surface area contributed by atoms with Crippen LogP contribution in [0.25, 0.3) is 0 Å². The van der Waals surface area contributed by atoms with Gasteiger partial charge in [0, 0.05) is 5.25 Å². The van der Waals surface area contributed by atoms with Gasteiger partial charge in [-0.3, -0.25) is 0 Å². The fraction of sp³-hybridized carbons (Fsp3) is 0.926. The minimum atomic E-state index is 0.504. The molecular weight excluding hydrogens is 356 g/mol. The zero-order valence-electron chi connectivity index (χ0n) is 19.3. The molecule has 8 atom stereocenters. The summed E-state index contributed by atoms with van der Waals surface area (Å²) in [4.78, 5) is 0. The van der Waals surface area contributed by atoms with Crippen molar-refractivity contribution in [2.45, 2.75) is 110 Å². The zero-order valence-corrected chi connectivity index (χ0v) is 20.2. The molecule has 0 spiro atoms. The summed E-state index contributed by atoms with van der Waals surface area (Å²) in [6.07, 6.45) is 18.4. The van der Waals surface area contributed by atoms with Gasteiger partial charge in [-0.1, -0.05) is 65.5 Å². The average Bonchev–Trinajstić information content (AvgIpc) is 2.99. The lowest BCUT2D eigenvalue weighted by Gasteiger charge is -2.58. The largest absolute Gasteiger partial charge is 0.176 e. The van der Waals surface area contributed by atoms with E-state index in [2.05, 4.69) is 40.7 Å². The molecule has 0 aromatic carbocycles. The fourth-order valence-electron chi connectivity index (χ4n) is 8.67. The van der Waals surface area contributed by atoms with E-state index in [0.29, 0.717) is 16.1 Å². The average molecular weight is 403 g/mol. The van der Waals surface area contributed by atoms with E-state index in [-0.39, 0.29) is 0 Å². The maximum atomic E-state index is 4.84. The predicted molar refractivity (Wildman–Crippen MR) is 126 cm³/mol. The Morgan fingerprint density at radius 2 is 1.79 bits per heavy atom. The molecule has 4 aliphatic rings. The molecule has 0 bridgehead atoms. The second-order valence-electron chi connectivity index (χ2n) is 12.2. The minimum absolute atomic E-state index is 0.504. The van der Waals surface area contributed by atoms with Gasteiger partial charge >= 0.3 is 0 Å². The first-order chi connectivity index (χ1) is 13.3. The van der Waals surface area contributed by atoms with Gasteiger partial charge < -0.3 is 0 Å². The smallest absolute Gasteiger partial charge is 0.00545 e. The van der Waals surface area contributed by atoms with E-state index in [4.69, 9.17) is 12.6 Å². The van der Waals surface area contributed by atoms with Gasteiger partial charge in [-0.25, -0.2) is 0 Å². The van der Waals surface area contributed by atoms with Crippen LogP contribution in [0, 0.1) is 46.3 Å². The molecule has 28 heavy (non-hydrogen) atoms. The van der Waals surface area contributed by atoms with Crippen molar-refractivity contribution < 1.29 is 0 Å². The third kappa shape index (κ3) is 3.54. The summed E-state index contributed by atoms with van der Waals surface area (Å²) in [6.45, 7) is 12.7. The van der Waals surface area contributed by atoms with Crippen molar-refractivity contribution in [3.05, 3.63) is 11.6 Å². The maximum Gasteiger partial charge on any atom is 0.00545 e. The summed E-state index contributed by atoms with van der Waals surface area (Å²) in [6, 6.07) is 0. The van der Waals surface area contributed by atoms with Crippen molar-refractivity contribution in [3.63, 3.8) is 0 Å². The Balaban J connectivity index is 1.49. The molecule has 0 amide bonds. The van der Waals surface area contributed by atoms with E-state index in [1.807, 2.05) is 0 Å². The lowest BCUT2D eigenvalue weighted by Crippen LogP contribution is -2.50. The van der Waals surface area contributed by atoms with Crippen molar-refractivity contribution in [3.8, 4) is 0 Å². The molecule has 0 saturated heterocycles. The third-order valence-electron chi connectivity index (χ3n) is 10.3. The van der Waals surface area contributed by atoms with Gasteiger partial charge in [0.2, 0.25) is 0 Å². The van der Waals surface area contributed by atoms with Crippen molar-refractivity contribution in [1.29, 1.82) is 0 Å². The third-order valence-corrected chi connectivity index (χ3v) is 10.7. The summed E-state index contributed by atoms with van der Waals surface area (Å²) in [7, 11) is 0. The number of rotatable bonds is 5. The van der Waals surface area contributed by atoms with Crippen molar-refractivity contribution in [2.75, 3.05) is 0 Å². The van der Waals surface area contributed by atoms with Crippen LogP contribution in [0.4, 0.5) is 0 Å². The lowest BCUT2D eigenvalue weighted by atomic mass is 9.47. The molecule has 0 unspecified atom stereocenters. The molecule has 160 valence electrons. The van der Waals surface area contributed by atoms with E-state index in [0.717, 1.165) is 35.5 Å². The summed E-state index contributed by atoms with van der Waals surface area (Å²) >= 11 is 4.84. The zero-order chi connectivity index (χ0) is 20.1. The van der Waals surface area contributed by atoms with Gasteiger partial charge in [-0.2, -0.15) is 12.6 Å². The molecule has 0 radical (unpaired) electrons. The van der Waals surface area contributed by atoms with E-state index in [1.165, 1.54) is 70.6 Å². The summed E-state index contributed by atoms with van der Waals surface area (Å²) in [5.41, 5.74) is 2.92. The van der Waals surface area contributed by atoms with Crippen LogP contribution in [-0.2, 0) is 0 Å². The van der Waals surface area contributed by atoms with Crippen LogP contribution in [0.5, 0.6) is 0 Å². The SMILES string of the molecule is CC(C)CCC[C@H](C)[C@H]1CC[C@H]2[C@@H]3CC=C4C[C@H](S)CC[C@]4(C)[C@H]3CC[C@]12C. The minimum Gasteiger partial charge on any atom is -0.176 e. The predicted octanol–water partition coefficient (Wildman–Crippen LogP) is 8.33.